The van der Waals surface area contributed by atoms with E-state index < -0.39 is 0 Å². The molecule has 1 heteroatoms. The van der Waals surface area contributed by atoms with Crippen LogP contribution in [0.1, 0.15) is 80.5 Å². The smallest absolute Gasteiger partial charge is 0.146 e. The standard InChI is InChI=1S/C31H33F/c1-3-5-6-7-25-13-21-30-29(22-25)20-19-28(31(30)32)18-12-24-10-16-27(17-11-24)26-14-8-23(4-2)9-15-26/h3,5,10-11,13,16-17,19-23,26H,4,6-9,14-15H2,1-2H3/b5-3+. The van der Waals surface area contributed by atoms with Crippen molar-refractivity contribution >= 4 is 10.8 Å². The molecule has 0 bridgehead atoms. The molecule has 0 amide bonds. The van der Waals surface area contributed by atoms with Crippen LogP contribution in [0.15, 0.2) is 66.7 Å². The average Bonchev–Trinajstić information content (AvgIpc) is 2.84. The first-order valence-corrected chi connectivity index (χ1v) is 12.1. The summed E-state index contributed by atoms with van der Waals surface area (Å²) in [6, 6.07) is 18.4. The van der Waals surface area contributed by atoms with Gasteiger partial charge in [-0.05, 0) is 92.0 Å². The molecule has 0 atom stereocenters. The van der Waals surface area contributed by atoms with Crippen LogP contribution in [0.5, 0.6) is 0 Å². The van der Waals surface area contributed by atoms with Crippen molar-refractivity contribution in [2.24, 2.45) is 5.92 Å². The van der Waals surface area contributed by atoms with E-state index in [0.29, 0.717) is 16.9 Å². The minimum absolute atomic E-state index is 0.223. The molecule has 32 heavy (non-hydrogen) atoms. The molecule has 4 rings (SSSR count). The fourth-order valence-corrected chi connectivity index (χ4v) is 4.89. The number of fused-ring (bicyclic) bond motifs is 1. The van der Waals surface area contributed by atoms with Crippen molar-refractivity contribution in [2.45, 2.75) is 64.7 Å². The van der Waals surface area contributed by atoms with E-state index >= 15 is 4.39 Å². The van der Waals surface area contributed by atoms with Crippen LogP contribution in [-0.4, -0.2) is 0 Å². The molecule has 0 spiro atoms. The summed E-state index contributed by atoms with van der Waals surface area (Å²) in [7, 11) is 0. The zero-order chi connectivity index (χ0) is 22.3. The predicted molar refractivity (Wildman–Crippen MR) is 134 cm³/mol. The van der Waals surface area contributed by atoms with E-state index in [1.807, 2.05) is 25.1 Å². The Balaban J connectivity index is 1.47. The number of rotatable bonds is 5. The van der Waals surface area contributed by atoms with Gasteiger partial charge in [-0.15, -0.1) is 0 Å². The van der Waals surface area contributed by atoms with Gasteiger partial charge in [-0.1, -0.05) is 73.7 Å². The number of hydrogen-bond donors (Lipinski definition) is 0. The lowest BCUT2D eigenvalue weighted by Gasteiger charge is -2.28. The maximum Gasteiger partial charge on any atom is 0.146 e. The Morgan fingerprint density at radius 1 is 0.938 bits per heavy atom. The number of allylic oxidation sites excluding steroid dienone is 2. The predicted octanol–water partition coefficient (Wildman–Crippen LogP) is 8.57. The maximum atomic E-state index is 15.1. The molecule has 1 aliphatic carbocycles. The molecule has 0 saturated heterocycles. The lowest BCUT2D eigenvalue weighted by molar-refractivity contribution is 0.319. The van der Waals surface area contributed by atoms with Gasteiger partial charge < -0.3 is 0 Å². The van der Waals surface area contributed by atoms with Crippen molar-refractivity contribution in [1.82, 2.24) is 0 Å². The first-order valence-electron chi connectivity index (χ1n) is 12.1. The summed E-state index contributed by atoms with van der Waals surface area (Å²) >= 11 is 0. The Morgan fingerprint density at radius 2 is 1.72 bits per heavy atom. The largest absolute Gasteiger partial charge is 0.205 e. The highest BCUT2D eigenvalue weighted by Crippen LogP contribution is 2.36. The van der Waals surface area contributed by atoms with Crippen molar-refractivity contribution in [3.63, 3.8) is 0 Å². The Hall–Kier alpha value is -2.85. The van der Waals surface area contributed by atoms with Crippen LogP contribution in [0, 0.1) is 23.6 Å². The molecule has 0 unspecified atom stereocenters. The van der Waals surface area contributed by atoms with Gasteiger partial charge in [-0.2, -0.15) is 0 Å². The number of aryl methyl sites for hydroxylation is 1. The highest BCUT2D eigenvalue weighted by atomic mass is 19.1. The molecule has 0 aromatic heterocycles. The van der Waals surface area contributed by atoms with Crippen molar-refractivity contribution in [1.29, 1.82) is 0 Å². The van der Waals surface area contributed by atoms with E-state index in [-0.39, 0.29) is 5.82 Å². The van der Waals surface area contributed by atoms with Crippen LogP contribution in [0.2, 0.25) is 0 Å². The lowest BCUT2D eigenvalue weighted by atomic mass is 9.78. The van der Waals surface area contributed by atoms with Crippen molar-refractivity contribution in [2.75, 3.05) is 0 Å². The van der Waals surface area contributed by atoms with Crippen LogP contribution in [0.4, 0.5) is 4.39 Å². The molecule has 0 nitrogen and oxygen atoms in total. The second-order valence-corrected chi connectivity index (χ2v) is 9.09. The van der Waals surface area contributed by atoms with Gasteiger partial charge in [0.1, 0.15) is 5.82 Å². The lowest BCUT2D eigenvalue weighted by Crippen LogP contribution is -2.12. The molecular formula is C31H33F. The third-order valence-electron chi connectivity index (χ3n) is 7.00. The van der Waals surface area contributed by atoms with E-state index in [9.17, 15) is 0 Å². The van der Waals surface area contributed by atoms with Crippen LogP contribution in [0.25, 0.3) is 10.8 Å². The van der Waals surface area contributed by atoms with Crippen LogP contribution < -0.4 is 0 Å². The third kappa shape index (κ3) is 5.31. The second-order valence-electron chi connectivity index (χ2n) is 9.09. The second kappa shape index (κ2) is 10.6. The topological polar surface area (TPSA) is 0 Å². The molecule has 0 radical (unpaired) electrons. The summed E-state index contributed by atoms with van der Waals surface area (Å²) in [5.41, 5.74) is 4.06. The van der Waals surface area contributed by atoms with Gasteiger partial charge in [-0.25, -0.2) is 4.39 Å². The normalized spacial score (nSPS) is 18.6. The highest BCUT2D eigenvalue weighted by molar-refractivity contribution is 5.85. The van der Waals surface area contributed by atoms with Gasteiger partial charge in [0.05, 0.1) is 5.56 Å². The first-order chi connectivity index (χ1) is 15.7. The van der Waals surface area contributed by atoms with E-state index in [1.54, 1.807) is 6.07 Å². The van der Waals surface area contributed by atoms with Gasteiger partial charge in [-0.3, -0.25) is 0 Å². The molecule has 1 saturated carbocycles. The minimum atomic E-state index is -0.223. The maximum absolute atomic E-state index is 15.1. The molecule has 164 valence electrons. The van der Waals surface area contributed by atoms with Gasteiger partial charge >= 0.3 is 0 Å². The van der Waals surface area contributed by atoms with Crippen molar-refractivity contribution in [3.05, 3.63) is 94.8 Å². The molecule has 1 fully saturated rings. The number of halogens is 1. The summed E-state index contributed by atoms with van der Waals surface area (Å²) < 4.78 is 15.1. The molecule has 3 aromatic rings. The Kier molecular flexibility index (Phi) is 7.43. The molecule has 0 N–H and O–H groups in total. The van der Waals surface area contributed by atoms with Crippen LogP contribution in [-0.2, 0) is 6.42 Å². The summed E-state index contributed by atoms with van der Waals surface area (Å²) in [6.45, 7) is 4.34. The zero-order valence-corrected chi connectivity index (χ0v) is 19.3. The molecule has 3 aromatic carbocycles. The molecule has 0 heterocycles. The zero-order valence-electron chi connectivity index (χ0n) is 19.3. The van der Waals surface area contributed by atoms with Crippen molar-refractivity contribution < 1.29 is 4.39 Å². The Labute approximate surface area is 192 Å². The van der Waals surface area contributed by atoms with E-state index in [2.05, 4.69) is 61.2 Å². The fraction of sp³-hybridized carbons (Fsp3) is 0.355. The quantitative estimate of drug-likeness (QED) is 0.284. The summed E-state index contributed by atoms with van der Waals surface area (Å²) in [6.07, 6.45) is 12.8. The van der Waals surface area contributed by atoms with Gasteiger partial charge in [0.25, 0.3) is 0 Å². The monoisotopic (exact) mass is 424 g/mol. The molecule has 0 aliphatic heterocycles. The molecular weight excluding hydrogens is 391 g/mol. The SMILES string of the molecule is C/C=C/CCc1ccc2c(F)c(C#Cc3ccc(C4CCC(CC)CC4)cc3)ccc2c1. The third-order valence-corrected chi connectivity index (χ3v) is 7.00. The van der Waals surface area contributed by atoms with Crippen molar-refractivity contribution in [3.8, 4) is 11.8 Å². The first kappa shape index (κ1) is 22.3. The molecule has 1 aliphatic rings. The van der Waals surface area contributed by atoms with Gasteiger partial charge in [0.2, 0.25) is 0 Å². The van der Waals surface area contributed by atoms with Gasteiger partial charge in [0.15, 0.2) is 0 Å². The number of benzene rings is 3. The Bertz CT molecular complexity index is 1130. The summed E-state index contributed by atoms with van der Waals surface area (Å²) in [5.74, 6) is 7.59. The van der Waals surface area contributed by atoms with E-state index in [4.69, 9.17) is 0 Å². The summed E-state index contributed by atoms with van der Waals surface area (Å²) in [5, 5.41) is 1.58. The fourth-order valence-electron chi connectivity index (χ4n) is 4.89. The number of hydrogen-bond acceptors (Lipinski definition) is 0. The highest BCUT2D eigenvalue weighted by Gasteiger charge is 2.21. The van der Waals surface area contributed by atoms with E-state index in [0.717, 1.165) is 29.7 Å². The van der Waals surface area contributed by atoms with Crippen LogP contribution >= 0.6 is 0 Å². The van der Waals surface area contributed by atoms with Crippen LogP contribution in [0.3, 0.4) is 0 Å². The van der Waals surface area contributed by atoms with E-state index in [1.165, 1.54) is 43.2 Å². The summed E-state index contributed by atoms with van der Waals surface area (Å²) in [4.78, 5) is 0. The van der Waals surface area contributed by atoms with Gasteiger partial charge in [0, 0.05) is 10.9 Å². The minimum Gasteiger partial charge on any atom is -0.205 e. The average molecular weight is 425 g/mol. The Morgan fingerprint density at radius 3 is 2.44 bits per heavy atom.